The minimum absolute atomic E-state index is 0.192. The van der Waals surface area contributed by atoms with Crippen molar-refractivity contribution < 1.29 is 9.22 Å². The van der Waals surface area contributed by atoms with Gasteiger partial charge in [-0.05, 0) is 32.5 Å². The zero-order chi connectivity index (χ0) is 11.3. The Kier molecular flexibility index (Phi) is 5.00. The van der Waals surface area contributed by atoms with Gasteiger partial charge in [0.05, 0.1) is 0 Å². The molecule has 0 spiro atoms. The molecular formula is C12H24O2Si. The first-order valence-electron chi connectivity index (χ1n) is 6.16. The van der Waals surface area contributed by atoms with Crippen molar-refractivity contribution in [2.24, 2.45) is 5.92 Å². The van der Waals surface area contributed by atoms with Crippen LogP contribution in [0, 0.1) is 5.92 Å². The molecule has 0 amide bonds. The summed E-state index contributed by atoms with van der Waals surface area (Å²) in [6.45, 7) is 7.22. The van der Waals surface area contributed by atoms with Gasteiger partial charge in [-0.3, -0.25) is 4.79 Å². The Balaban J connectivity index is 2.39. The van der Waals surface area contributed by atoms with Gasteiger partial charge in [-0.2, -0.15) is 0 Å². The van der Waals surface area contributed by atoms with Gasteiger partial charge in [-0.15, -0.1) is 0 Å². The summed E-state index contributed by atoms with van der Waals surface area (Å²) < 4.78 is 5.85. The predicted molar refractivity (Wildman–Crippen MR) is 65.5 cm³/mol. The Morgan fingerprint density at radius 3 is 2.53 bits per heavy atom. The Morgan fingerprint density at radius 1 is 1.20 bits per heavy atom. The maximum Gasteiger partial charge on any atom is 0.183 e. The predicted octanol–water partition coefficient (Wildman–Crippen LogP) is 3.38. The van der Waals surface area contributed by atoms with Crippen LogP contribution in [0.3, 0.4) is 0 Å². The number of carbonyl (C=O) groups excluding carboxylic acids is 1. The van der Waals surface area contributed by atoms with Crippen LogP contribution < -0.4 is 0 Å². The van der Waals surface area contributed by atoms with E-state index in [1.165, 1.54) is 19.3 Å². The van der Waals surface area contributed by atoms with Crippen molar-refractivity contribution in [2.75, 3.05) is 6.61 Å². The molecule has 1 saturated carbocycles. The molecule has 1 aliphatic carbocycles. The number of Topliss-reactive ketones (excluding diaryl/α,β-unsaturated/α-hetero) is 1. The molecule has 2 nitrogen and oxygen atoms in total. The number of hydrogen-bond acceptors (Lipinski definition) is 2. The van der Waals surface area contributed by atoms with E-state index in [9.17, 15) is 4.79 Å². The van der Waals surface area contributed by atoms with Crippen LogP contribution in [0.4, 0.5) is 0 Å². The number of hydrogen-bond donors (Lipinski definition) is 0. The van der Waals surface area contributed by atoms with Crippen molar-refractivity contribution in [1.29, 1.82) is 0 Å². The summed E-state index contributed by atoms with van der Waals surface area (Å²) in [5, 5.41) is 0. The van der Waals surface area contributed by atoms with Gasteiger partial charge in [0.1, 0.15) is 5.78 Å². The van der Waals surface area contributed by atoms with Crippen LogP contribution in [0.2, 0.25) is 19.6 Å². The van der Waals surface area contributed by atoms with Gasteiger partial charge < -0.3 is 4.43 Å². The summed E-state index contributed by atoms with van der Waals surface area (Å²) in [5.74, 6) is 0.630. The topological polar surface area (TPSA) is 26.3 Å². The lowest BCUT2D eigenvalue weighted by molar-refractivity contribution is -0.124. The van der Waals surface area contributed by atoms with Gasteiger partial charge in [0.15, 0.2) is 8.32 Å². The van der Waals surface area contributed by atoms with Gasteiger partial charge in [-0.1, -0.05) is 19.3 Å². The van der Waals surface area contributed by atoms with Gasteiger partial charge in [0, 0.05) is 18.9 Å². The summed E-state index contributed by atoms with van der Waals surface area (Å²) in [6.07, 6.45) is 6.63. The molecule has 0 N–H and O–H groups in total. The largest absolute Gasteiger partial charge is 0.417 e. The number of carbonyl (C=O) groups is 1. The summed E-state index contributed by atoms with van der Waals surface area (Å²) >= 11 is 0. The van der Waals surface area contributed by atoms with Crippen LogP contribution in [0.25, 0.3) is 0 Å². The van der Waals surface area contributed by atoms with Gasteiger partial charge in [-0.25, -0.2) is 0 Å². The maximum atomic E-state index is 11.8. The van der Waals surface area contributed by atoms with Crippen LogP contribution in [-0.4, -0.2) is 20.7 Å². The maximum absolute atomic E-state index is 11.8. The van der Waals surface area contributed by atoms with E-state index >= 15 is 0 Å². The lowest BCUT2D eigenvalue weighted by Crippen LogP contribution is -2.31. The zero-order valence-electron chi connectivity index (χ0n) is 10.3. The molecule has 0 radical (unpaired) electrons. The van der Waals surface area contributed by atoms with Gasteiger partial charge in [0.25, 0.3) is 0 Å². The van der Waals surface area contributed by atoms with Crippen molar-refractivity contribution in [2.45, 2.75) is 58.2 Å². The monoisotopic (exact) mass is 228 g/mol. The molecule has 0 heterocycles. The zero-order valence-corrected chi connectivity index (χ0v) is 11.3. The quantitative estimate of drug-likeness (QED) is 0.692. The molecule has 1 fully saturated rings. The third-order valence-electron chi connectivity index (χ3n) is 2.90. The SMILES string of the molecule is C[Si](C)(C)OCC1CCCCCCC1=O. The van der Waals surface area contributed by atoms with E-state index in [1.54, 1.807) is 0 Å². The third-order valence-corrected chi connectivity index (χ3v) is 3.93. The van der Waals surface area contributed by atoms with Gasteiger partial charge in [0.2, 0.25) is 0 Å². The molecule has 1 aliphatic rings. The number of rotatable bonds is 3. The average molecular weight is 228 g/mol. The smallest absolute Gasteiger partial charge is 0.183 e. The van der Waals surface area contributed by atoms with E-state index in [1.807, 2.05) is 0 Å². The van der Waals surface area contributed by atoms with E-state index in [0.717, 1.165) is 19.3 Å². The van der Waals surface area contributed by atoms with Crippen molar-refractivity contribution >= 4 is 14.1 Å². The first-order valence-corrected chi connectivity index (χ1v) is 9.56. The van der Waals surface area contributed by atoms with Gasteiger partial charge >= 0.3 is 0 Å². The Bertz CT molecular complexity index is 208. The van der Waals surface area contributed by atoms with Crippen LogP contribution in [0.15, 0.2) is 0 Å². The van der Waals surface area contributed by atoms with Crippen LogP contribution in [0.1, 0.15) is 38.5 Å². The molecule has 0 bridgehead atoms. The van der Waals surface area contributed by atoms with E-state index < -0.39 is 8.32 Å². The third kappa shape index (κ3) is 5.47. The summed E-state index contributed by atoms with van der Waals surface area (Å²) in [4.78, 5) is 11.8. The van der Waals surface area contributed by atoms with Crippen LogP contribution in [-0.2, 0) is 9.22 Å². The highest BCUT2D eigenvalue weighted by atomic mass is 28.4. The minimum Gasteiger partial charge on any atom is -0.417 e. The van der Waals surface area contributed by atoms with E-state index in [4.69, 9.17) is 4.43 Å². The van der Waals surface area contributed by atoms with Crippen molar-refractivity contribution in [3.63, 3.8) is 0 Å². The molecule has 0 aromatic heterocycles. The molecule has 1 rings (SSSR count). The lowest BCUT2D eigenvalue weighted by atomic mass is 9.91. The Labute approximate surface area is 94.5 Å². The molecular weight excluding hydrogens is 204 g/mol. The first kappa shape index (κ1) is 12.9. The second-order valence-electron chi connectivity index (χ2n) is 5.54. The molecule has 1 atom stereocenters. The molecule has 3 heteroatoms. The molecule has 0 aromatic carbocycles. The second kappa shape index (κ2) is 5.80. The molecule has 1 unspecified atom stereocenters. The molecule has 15 heavy (non-hydrogen) atoms. The summed E-state index contributed by atoms with van der Waals surface area (Å²) in [7, 11) is -1.45. The Morgan fingerprint density at radius 2 is 1.87 bits per heavy atom. The van der Waals surface area contributed by atoms with Crippen LogP contribution in [0.5, 0.6) is 0 Å². The highest BCUT2D eigenvalue weighted by Gasteiger charge is 2.23. The fourth-order valence-electron chi connectivity index (χ4n) is 1.94. The molecule has 0 aliphatic heterocycles. The van der Waals surface area contributed by atoms with E-state index in [-0.39, 0.29) is 5.92 Å². The molecule has 88 valence electrons. The fourth-order valence-corrected chi connectivity index (χ4v) is 2.64. The lowest BCUT2D eigenvalue weighted by Gasteiger charge is -2.23. The van der Waals surface area contributed by atoms with E-state index in [2.05, 4.69) is 19.6 Å². The standard InChI is InChI=1S/C12H24O2Si/c1-15(2,3)14-10-11-8-6-4-5-7-9-12(11)13/h11H,4-10H2,1-3H3. The molecule has 0 aromatic rings. The highest BCUT2D eigenvalue weighted by Crippen LogP contribution is 2.21. The van der Waals surface area contributed by atoms with E-state index in [0.29, 0.717) is 12.4 Å². The highest BCUT2D eigenvalue weighted by molar-refractivity contribution is 6.69. The molecule has 0 saturated heterocycles. The average Bonchev–Trinajstić information content (AvgIpc) is 2.09. The fraction of sp³-hybridized carbons (Fsp3) is 0.917. The minimum atomic E-state index is -1.45. The second-order valence-corrected chi connectivity index (χ2v) is 10.1. The van der Waals surface area contributed by atoms with Crippen molar-refractivity contribution in [1.82, 2.24) is 0 Å². The Hall–Kier alpha value is -0.153. The van der Waals surface area contributed by atoms with Crippen molar-refractivity contribution in [3.8, 4) is 0 Å². The normalized spacial score (nSPS) is 24.7. The summed E-state index contributed by atoms with van der Waals surface area (Å²) in [6, 6.07) is 0. The summed E-state index contributed by atoms with van der Waals surface area (Å²) in [5.41, 5.74) is 0. The van der Waals surface area contributed by atoms with Crippen molar-refractivity contribution in [3.05, 3.63) is 0 Å². The first-order chi connectivity index (χ1) is 6.99. The number of ketones is 1. The van der Waals surface area contributed by atoms with Crippen LogP contribution >= 0.6 is 0 Å².